The summed E-state index contributed by atoms with van der Waals surface area (Å²) in [7, 11) is 0. The van der Waals surface area contributed by atoms with Crippen LogP contribution in [0.25, 0.3) is 0 Å². The molecule has 2 nitrogen and oxygen atoms in total. The molecular formula is C11H11NO. The molecule has 1 aromatic rings. The van der Waals surface area contributed by atoms with E-state index in [1.54, 1.807) is 6.07 Å². The molecule has 0 saturated carbocycles. The Hall–Kier alpha value is -1.75. The minimum atomic E-state index is -0.115. The molecule has 2 heteroatoms. The largest absolute Gasteiger partial charge is 0.341 e. The number of terminal acetylenes is 1. The number of amides is 1. The topological polar surface area (TPSA) is 29.1 Å². The summed E-state index contributed by atoms with van der Waals surface area (Å²) < 4.78 is 0. The second-order valence-corrected chi connectivity index (χ2v) is 2.70. The molecule has 0 heterocycles. The monoisotopic (exact) mass is 173 g/mol. The van der Waals surface area contributed by atoms with Crippen LogP contribution in [0.4, 0.5) is 0 Å². The average molecular weight is 173 g/mol. The molecule has 1 amide bonds. The van der Waals surface area contributed by atoms with Gasteiger partial charge in [0, 0.05) is 5.56 Å². The van der Waals surface area contributed by atoms with E-state index >= 15 is 0 Å². The second kappa shape index (κ2) is 4.32. The van der Waals surface area contributed by atoms with Gasteiger partial charge >= 0.3 is 0 Å². The van der Waals surface area contributed by atoms with E-state index in [0.29, 0.717) is 5.56 Å². The Morgan fingerprint density at radius 1 is 1.54 bits per heavy atom. The van der Waals surface area contributed by atoms with Crippen molar-refractivity contribution in [1.82, 2.24) is 5.32 Å². The zero-order chi connectivity index (χ0) is 9.68. The predicted octanol–water partition coefficient (Wildman–Crippen LogP) is 1.36. The molecule has 0 unspecified atom stereocenters. The summed E-state index contributed by atoms with van der Waals surface area (Å²) in [4.78, 5) is 11.4. The van der Waals surface area contributed by atoms with Crippen molar-refractivity contribution in [3.8, 4) is 12.3 Å². The van der Waals surface area contributed by atoms with Crippen LogP contribution >= 0.6 is 0 Å². The number of hydrogen-bond donors (Lipinski definition) is 1. The fourth-order valence-electron chi connectivity index (χ4n) is 1.05. The second-order valence-electron chi connectivity index (χ2n) is 2.70. The van der Waals surface area contributed by atoms with E-state index in [2.05, 4.69) is 11.2 Å². The van der Waals surface area contributed by atoms with E-state index in [-0.39, 0.29) is 12.5 Å². The Morgan fingerprint density at radius 2 is 2.23 bits per heavy atom. The van der Waals surface area contributed by atoms with E-state index in [9.17, 15) is 4.79 Å². The minimum Gasteiger partial charge on any atom is -0.341 e. The van der Waals surface area contributed by atoms with Gasteiger partial charge in [-0.25, -0.2) is 0 Å². The Bertz CT molecular complexity index is 349. The van der Waals surface area contributed by atoms with Gasteiger partial charge < -0.3 is 5.32 Å². The van der Waals surface area contributed by atoms with Crippen LogP contribution in [0.3, 0.4) is 0 Å². The minimum absolute atomic E-state index is 0.115. The quantitative estimate of drug-likeness (QED) is 0.672. The number of rotatable bonds is 2. The molecule has 0 aromatic heterocycles. The van der Waals surface area contributed by atoms with Gasteiger partial charge in [-0.1, -0.05) is 24.1 Å². The van der Waals surface area contributed by atoms with Crippen molar-refractivity contribution < 1.29 is 4.79 Å². The Balaban J connectivity index is 2.78. The first-order valence-electron chi connectivity index (χ1n) is 4.03. The van der Waals surface area contributed by atoms with Crippen molar-refractivity contribution in [3.05, 3.63) is 35.4 Å². The molecule has 0 spiro atoms. The third-order valence-corrected chi connectivity index (χ3v) is 1.74. The smallest absolute Gasteiger partial charge is 0.252 e. The molecule has 0 aliphatic rings. The van der Waals surface area contributed by atoms with Crippen LogP contribution in [0.15, 0.2) is 24.3 Å². The van der Waals surface area contributed by atoms with Gasteiger partial charge in [0.05, 0.1) is 6.54 Å². The molecule has 0 saturated heterocycles. The first-order valence-corrected chi connectivity index (χ1v) is 4.03. The number of hydrogen-bond acceptors (Lipinski definition) is 1. The van der Waals surface area contributed by atoms with Crippen molar-refractivity contribution in [2.45, 2.75) is 6.92 Å². The molecule has 0 atom stereocenters. The number of carbonyl (C=O) groups excluding carboxylic acids is 1. The van der Waals surface area contributed by atoms with Crippen LogP contribution < -0.4 is 5.32 Å². The molecule has 0 fully saturated rings. The van der Waals surface area contributed by atoms with Crippen molar-refractivity contribution in [3.63, 3.8) is 0 Å². The van der Waals surface area contributed by atoms with Gasteiger partial charge in [0.25, 0.3) is 5.91 Å². The van der Waals surface area contributed by atoms with E-state index in [0.717, 1.165) is 5.56 Å². The summed E-state index contributed by atoms with van der Waals surface area (Å²) in [5.74, 6) is 2.24. The highest BCUT2D eigenvalue weighted by molar-refractivity contribution is 5.95. The highest BCUT2D eigenvalue weighted by Crippen LogP contribution is 2.05. The van der Waals surface area contributed by atoms with Gasteiger partial charge in [-0.05, 0) is 18.6 Å². The molecule has 13 heavy (non-hydrogen) atoms. The molecule has 66 valence electrons. The summed E-state index contributed by atoms with van der Waals surface area (Å²) in [6.45, 7) is 2.16. The van der Waals surface area contributed by atoms with Gasteiger partial charge in [-0.2, -0.15) is 0 Å². The van der Waals surface area contributed by atoms with Crippen LogP contribution in [-0.2, 0) is 0 Å². The molecule has 0 bridgehead atoms. The lowest BCUT2D eigenvalue weighted by molar-refractivity contribution is 0.0958. The van der Waals surface area contributed by atoms with Crippen molar-refractivity contribution >= 4 is 5.91 Å². The maximum atomic E-state index is 11.4. The third kappa shape index (κ3) is 2.34. The fourth-order valence-corrected chi connectivity index (χ4v) is 1.05. The number of benzene rings is 1. The lowest BCUT2D eigenvalue weighted by atomic mass is 10.1. The van der Waals surface area contributed by atoms with Gasteiger partial charge in [0.1, 0.15) is 0 Å². The first-order chi connectivity index (χ1) is 6.25. The summed E-state index contributed by atoms with van der Waals surface area (Å²) in [6.07, 6.45) is 5.03. The van der Waals surface area contributed by atoms with Gasteiger partial charge in [0.15, 0.2) is 0 Å². The highest BCUT2D eigenvalue weighted by atomic mass is 16.1. The van der Waals surface area contributed by atoms with E-state index in [1.165, 1.54) is 0 Å². The molecule has 0 aliphatic carbocycles. The van der Waals surface area contributed by atoms with E-state index in [4.69, 9.17) is 6.42 Å². The standard InChI is InChI=1S/C11H11NO/c1-3-8-12-11(13)10-7-5-4-6-9(10)2/h1,4-7H,8H2,2H3,(H,12,13). The average Bonchev–Trinajstić information content (AvgIpc) is 2.15. The number of nitrogens with one attached hydrogen (secondary N) is 1. The summed E-state index contributed by atoms with van der Waals surface area (Å²) >= 11 is 0. The summed E-state index contributed by atoms with van der Waals surface area (Å²) in [6, 6.07) is 7.40. The number of carbonyl (C=O) groups is 1. The molecule has 1 aromatic carbocycles. The van der Waals surface area contributed by atoms with Gasteiger partial charge in [0.2, 0.25) is 0 Å². The summed E-state index contributed by atoms with van der Waals surface area (Å²) in [5.41, 5.74) is 1.63. The van der Waals surface area contributed by atoms with Crippen LogP contribution in [-0.4, -0.2) is 12.5 Å². The predicted molar refractivity (Wildman–Crippen MR) is 52.3 cm³/mol. The fraction of sp³-hybridized carbons (Fsp3) is 0.182. The SMILES string of the molecule is C#CCNC(=O)c1ccccc1C. The van der Waals surface area contributed by atoms with E-state index < -0.39 is 0 Å². The lowest BCUT2D eigenvalue weighted by Gasteiger charge is -2.03. The Labute approximate surface area is 78.0 Å². The van der Waals surface area contributed by atoms with Crippen molar-refractivity contribution in [2.24, 2.45) is 0 Å². The summed E-state index contributed by atoms with van der Waals surface area (Å²) in [5, 5.41) is 2.61. The van der Waals surface area contributed by atoms with Gasteiger partial charge in [-0.15, -0.1) is 6.42 Å². The van der Waals surface area contributed by atoms with Crippen LogP contribution in [0, 0.1) is 19.3 Å². The molecule has 0 aliphatic heterocycles. The maximum Gasteiger partial charge on any atom is 0.252 e. The van der Waals surface area contributed by atoms with E-state index in [1.807, 2.05) is 25.1 Å². The lowest BCUT2D eigenvalue weighted by Crippen LogP contribution is -2.24. The zero-order valence-corrected chi connectivity index (χ0v) is 7.50. The van der Waals surface area contributed by atoms with Crippen molar-refractivity contribution in [1.29, 1.82) is 0 Å². The third-order valence-electron chi connectivity index (χ3n) is 1.74. The molecule has 0 radical (unpaired) electrons. The van der Waals surface area contributed by atoms with Crippen LogP contribution in [0.5, 0.6) is 0 Å². The van der Waals surface area contributed by atoms with Crippen LogP contribution in [0.2, 0.25) is 0 Å². The first kappa shape index (κ1) is 9.34. The normalized spacial score (nSPS) is 8.92. The molecule has 1 rings (SSSR count). The Kier molecular flexibility index (Phi) is 3.10. The highest BCUT2D eigenvalue weighted by Gasteiger charge is 2.05. The van der Waals surface area contributed by atoms with Crippen molar-refractivity contribution in [2.75, 3.05) is 6.54 Å². The Morgan fingerprint density at radius 3 is 2.85 bits per heavy atom. The van der Waals surface area contributed by atoms with Gasteiger partial charge in [-0.3, -0.25) is 4.79 Å². The van der Waals surface area contributed by atoms with Crippen LogP contribution in [0.1, 0.15) is 15.9 Å². The maximum absolute atomic E-state index is 11.4. The zero-order valence-electron chi connectivity index (χ0n) is 7.50. The number of aryl methyl sites for hydroxylation is 1. The molecule has 1 N–H and O–H groups in total. The molecular weight excluding hydrogens is 162 g/mol.